The number of alkyl halides is 5. The molecule has 0 radical (unpaired) electrons. The zero-order valence-electron chi connectivity index (χ0n) is 20.7. The van der Waals surface area contributed by atoms with Crippen LogP contribution in [0, 0.1) is 0 Å². The van der Waals surface area contributed by atoms with Gasteiger partial charge in [0.2, 0.25) is 0 Å². The lowest BCUT2D eigenvalue weighted by Crippen LogP contribution is -2.40. The van der Waals surface area contributed by atoms with Gasteiger partial charge in [-0.05, 0) is 52.0 Å². The van der Waals surface area contributed by atoms with Crippen molar-refractivity contribution < 1.29 is 36.6 Å². The first-order valence-corrected chi connectivity index (χ1v) is 13.1. The minimum absolute atomic E-state index is 0.0237. The summed E-state index contributed by atoms with van der Waals surface area (Å²) in [5, 5.41) is 14.7. The van der Waals surface area contributed by atoms with Crippen molar-refractivity contribution >= 4 is 29.0 Å². The summed E-state index contributed by atoms with van der Waals surface area (Å²) >= 11 is 0.723. The molecule has 14 heteroatoms. The number of nitrogens with zero attached hydrogens (tertiary/aromatic N) is 3. The third-order valence-corrected chi connectivity index (χ3v) is 7.99. The molecule has 2 aromatic heterocycles. The Morgan fingerprint density at radius 2 is 1.95 bits per heavy atom. The summed E-state index contributed by atoms with van der Waals surface area (Å²) in [5.41, 5.74) is -1.05. The fourth-order valence-corrected chi connectivity index (χ4v) is 5.67. The van der Waals surface area contributed by atoms with Crippen LogP contribution in [0.15, 0.2) is 12.3 Å². The number of amides is 2. The normalized spacial score (nSPS) is 22.7. The quantitative estimate of drug-likeness (QED) is 0.421. The molecule has 2 amide bonds. The Morgan fingerprint density at radius 3 is 2.53 bits per heavy atom. The van der Waals surface area contributed by atoms with Crippen molar-refractivity contribution in [1.29, 1.82) is 0 Å². The third kappa shape index (κ3) is 5.90. The number of aromatic nitrogens is 2. The molecular formula is C24H28F5N5O3S. The Balaban J connectivity index is 1.74. The predicted octanol–water partition coefficient (Wildman–Crippen LogP) is 4.77. The second-order valence-corrected chi connectivity index (χ2v) is 10.6. The lowest BCUT2D eigenvalue weighted by Gasteiger charge is -2.21. The summed E-state index contributed by atoms with van der Waals surface area (Å²) in [6, 6.07) is -1.84. The molecule has 2 fully saturated rings. The Hall–Kier alpha value is -2.87. The van der Waals surface area contributed by atoms with Gasteiger partial charge in [-0.1, -0.05) is 0 Å². The van der Waals surface area contributed by atoms with E-state index in [0.717, 1.165) is 49.8 Å². The maximum absolute atomic E-state index is 14.1. The third-order valence-electron chi connectivity index (χ3n) is 6.90. The van der Waals surface area contributed by atoms with Crippen LogP contribution in [0.25, 0.3) is 10.4 Å². The summed E-state index contributed by atoms with van der Waals surface area (Å²) < 4.78 is 67.2. The van der Waals surface area contributed by atoms with E-state index in [9.17, 15) is 36.6 Å². The van der Waals surface area contributed by atoms with E-state index in [4.69, 9.17) is 0 Å². The second kappa shape index (κ2) is 11.1. The van der Waals surface area contributed by atoms with Crippen LogP contribution >= 0.6 is 11.3 Å². The molecule has 2 aromatic rings. The number of hydrogen-bond donors (Lipinski definition) is 3. The number of nitrogens with one attached hydrogen (secondary N) is 2. The SMILES string of the molecule is CC1CCCN1C(=O)c1nc(C(=O)N[C@H]2CCC[C@@H]2O)sc1-c1cnc(NC(C)C(F)(F)F)cc1C(F)F. The summed E-state index contributed by atoms with van der Waals surface area (Å²) in [7, 11) is 0. The molecule has 3 heterocycles. The van der Waals surface area contributed by atoms with E-state index < -0.39 is 54.0 Å². The molecule has 38 heavy (non-hydrogen) atoms. The second-order valence-electron chi connectivity index (χ2n) is 9.63. The molecule has 1 aliphatic carbocycles. The molecule has 1 saturated heterocycles. The molecule has 1 aliphatic heterocycles. The van der Waals surface area contributed by atoms with E-state index in [1.165, 1.54) is 0 Å². The summed E-state index contributed by atoms with van der Waals surface area (Å²) in [6.07, 6.45) is -4.18. The Kier molecular flexibility index (Phi) is 8.21. The van der Waals surface area contributed by atoms with Gasteiger partial charge < -0.3 is 20.6 Å². The number of halogens is 5. The van der Waals surface area contributed by atoms with Gasteiger partial charge in [-0.15, -0.1) is 11.3 Å². The van der Waals surface area contributed by atoms with Gasteiger partial charge >= 0.3 is 6.18 Å². The maximum Gasteiger partial charge on any atom is 0.408 e. The number of rotatable bonds is 7. The van der Waals surface area contributed by atoms with Gasteiger partial charge in [0.15, 0.2) is 5.01 Å². The van der Waals surface area contributed by atoms with Crippen LogP contribution < -0.4 is 10.6 Å². The standard InChI is InChI=1S/C24H28F5N5O3S/c1-11-5-4-8-34(11)23(37)18-19(38-22(33-18)21(36)32-15-6-3-7-16(15)35)14-10-30-17(9-13(14)20(25)26)31-12(2)24(27,28)29/h9-12,15-16,20,35H,3-8H2,1-2H3,(H,30,31)(H,32,36)/t11?,12?,15-,16-/m0/s1. The van der Waals surface area contributed by atoms with Crippen molar-refractivity contribution in [3.05, 3.63) is 28.5 Å². The number of pyridine rings is 1. The van der Waals surface area contributed by atoms with Gasteiger partial charge in [0.05, 0.1) is 17.0 Å². The first kappa shape index (κ1) is 28.1. The van der Waals surface area contributed by atoms with Crippen molar-refractivity contribution in [3.63, 3.8) is 0 Å². The molecule has 0 aromatic carbocycles. The number of carbonyl (C=O) groups is 2. The summed E-state index contributed by atoms with van der Waals surface area (Å²) in [6.45, 7) is 3.12. The highest BCUT2D eigenvalue weighted by Gasteiger charge is 2.37. The number of carbonyl (C=O) groups excluding carboxylic acids is 2. The average molecular weight is 562 g/mol. The van der Waals surface area contributed by atoms with E-state index in [1.54, 1.807) is 4.90 Å². The molecule has 0 spiro atoms. The van der Waals surface area contributed by atoms with Gasteiger partial charge in [0.1, 0.15) is 17.6 Å². The predicted molar refractivity (Wildman–Crippen MR) is 130 cm³/mol. The smallest absolute Gasteiger partial charge is 0.391 e. The molecule has 4 atom stereocenters. The van der Waals surface area contributed by atoms with E-state index in [0.29, 0.717) is 19.4 Å². The first-order chi connectivity index (χ1) is 17.9. The molecule has 2 aliphatic rings. The van der Waals surface area contributed by atoms with Gasteiger partial charge in [-0.3, -0.25) is 9.59 Å². The number of hydrogen-bond acceptors (Lipinski definition) is 7. The van der Waals surface area contributed by atoms with E-state index in [-0.39, 0.29) is 27.2 Å². The highest BCUT2D eigenvalue weighted by atomic mass is 32.1. The van der Waals surface area contributed by atoms with Crippen molar-refractivity contribution in [2.45, 2.75) is 82.8 Å². The van der Waals surface area contributed by atoms with Gasteiger partial charge in [-0.2, -0.15) is 13.2 Å². The van der Waals surface area contributed by atoms with Crippen LogP contribution in [0.4, 0.5) is 27.8 Å². The number of aliphatic hydroxyl groups excluding tert-OH is 1. The number of thiazole rings is 1. The fraction of sp³-hybridized carbons (Fsp3) is 0.583. The topological polar surface area (TPSA) is 107 Å². The average Bonchev–Trinajstić information content (AvgIpc) is 3.58. The van der Waals surface area contributed by atoms with Crippen molar-refractivity contribution in [3.8, 4) is 10.4 Å². The summed E-state index contributed by atoms with van der Waals surface area (Å²) in [4.78, 5) is 36.1. The summed E-state index contributed by atoms with van der Waals surface area (Å²) in [5.74, 6) is -1.60. The van der Waals surface area contributed by atoms with Crippen molar-refractivity contribution in [2.24, 2.45) is 0 Å². The molecular weight excluding hydrogens is 533 g/mol. The van der Waals surface area contributed by atoms with Crippen LogP contribution in [0.1, 0.15) is 78.2 Å². The lowest BCUT2D eigenvalue weighted by atomic mass is 10.1. The molecule has 2 unspecified atom stereocenters. The van der Waals surface area contributed by atoms with Crippen LogP contribution in [-0.4, -0.2) is 68.7 Å². The molecule has 208 valence electrons. The zero-order valence-corrected chi connectivity index (χ0v) is 21.5. The van der Waals surface area contributed by atoms with Crippen LogP contribution in [0.2, 0.25) is 0 Å². The Labute approximate surface area is 219 Å². The van der Waals surface area contributed by atoms with Gasteiger partial charge in [0, 0.05) is 29.9 Å². The minimum Gasteiger partial charge on any atom is -0.391 e. The lowest BCUT2D eigenvalue weighted by molar-refractivity contribution is -0.138. The minimum atomic E-state index is -4.62. The largest absolute Gasteiger partial charge is 0.408 e. The van der Waals surface area contributed by atoms with Gasteiger partial charge in [0.25, 0.3) is 18.2 Å². The first-order valence-electron chi connectivity index (χ1n) is 12.3. The number of likely N-dealkylation sites (tertiary alicyclic amines) is 1. The van der Waals surface area contributed by atoms with Crippen molar-refractivity contribution in [2.75, 3.05) is 11.9 Å². The molecule has 3 N–H and O–H groups in total. The molecule has 1 saturated carbocycles. The fourth-order valence-electron chi connectivity index (χ4n) is 4.68. The van der Waals surface area contributed by atoms with E-state index >= 15 is 0 Å². The van der Waals surface area contributed by atoms with E-state index in [1.807, 2.05) is 6.92 Å². The monoisotopic (exact) mass is 561 g/mol. The van der Waals surface area contributed by atoms with Crippen LogP contribution in [0.5, 0.6) is 0 Å². The Morgan fingerprint density at radius 1 is 1.21 bits per heavy atom. The zero-order chi connectivity index (χ0) is 27.8. The van der Waals surface area contributed by atoms with E-state index in [2.05, 4.69) is 20.6 Å². The molecule has 0 bridgehead atoms. The van der Waals surface area contributed by atoms with Crippen LogP contribution in [-0.2, 0) is 0 Å². The Bertz CT molecular complexity index is 1190. The van der Waals surface area contributed by atoms with Crippen molar-refractivity contribution in [1.82, 2.24) is 20.2 Å². The van der Waals surface area contributed by atoms with Gasteiger partial charge in [-0.25, -0.2) is 18.7 Å². The molecule has 4 rings (SSSR count). The number of aliphatic hydroxyl groups is 1. The highest BCUT2D eigenvalue weighted by Crippen LogP contribution is 2.39. The highest BCUT2D eigenvalue weighted by molar-refractivity contribution is 7.17. The number of anilines is 1. The van der Waals surface area contributed by atoms with Crippen LogP contribution in [0.3, 0.4) is 0 Å². The molecule has 8 nitrogen and oxygen atoms in total. The maximum atomic E-state index is 14.1.